The van der Waals surface area contributed by atoms with Gasteiger partial charge in [-0.2, -0.15) is 0 Å². The second-order valence-electron chi connectivity index (χ2n) is 6.68. The first kappa shape index (κ1) is 18.9. The molecule has 1 unspecified atom stereocenters. The first-order valence-electron chi connectivity index (χ1n) is 8.91. The molecule has 26 heavy (non-hydrogen) atoms. The van der Waals surface area contributed by atoms with Crippen LogP contribution in [-0.4, -0.2) is 18.2 Å². The van der Waals surface area contributed by atoms with Gasteiger partial charge in [0.1, 0.15) is 5.00 Å². The molecule has 0 amide bonds. The number of carbonyl (C=O) groups is 1. The maximum absolute atomic E-state index is 12.4. The highest BCUT2D eigenvalue weighted by Crippen LogP contribution is 2.40. The van der Waals surface area contributed by atoms with Crippen LogP contribution >= 0.6 is 23.6 Å². The third kappa shape index (κ3) is 4.07. The highest BCUT2D eigenvalue weighted by Gasteiger charge is 2.28. The van der Waals surface area contributed by atoms with E-state index in [2.05, 4.69) is 36.6 Å². The number of fused-ring (bicyclic) bond motifs is 1. The molecule has 0 aliphatic heterocycles. The van der Waals surface area contributed by atoms with Crippen molar-refractivity contribution in [2.24, 2.45) is 5.92 Å². The number of methoxy groups -OCH3 is 1. The van der Waals surface area contributed by atoms with E-state index in [-0.39, 0.29) is 5.97 Å². The van der Waals surface area contributed by atoms with Crippen molar-refractivity contribution in [3.8, 4) is 0 Å². The zero-order chi connectivity index (χ0) is 18.7. The van der Waals surface area contributed by atoms with Crippen LogP contribution in [0.5, 0.6) is 0 Å². The Kier molecular flexibility index (Phi) is 5.94. The number of thiophene rings is 1. The number of nitrogens with one attached hydrogen (secondary N) is 2. The summed E-state index contributed by atoms with van der Waals surface area (Å²) in [6.45, 7) is 4.37. The molecular formula is C20H24N2O2S2. The van der Waals surface area contributed by atoms with Crippen LogP contribution in [0.1, 0.15) is 46.6 Å². The lowest BCUT2D eigenvalue weighted by Gasteiger charge is -2.18. The average Bonchev–Trinajstić information content (AvgIpc) is 2.97. The van der Waals surface area contributed by atoms with Gasteiger partial charge in [-0.25, -0.2) is 4.79 Å². The smallest absolute Gasteiger partial charge is 0.341 e. The molecule has 2 N–H and O–H groups in total. The summed E-state index contributed by atoms with van der Waals surface area (Å²) in [4.78, 5) is 13.6. The maximum Gasteiger partial charge on any atom is 0.341 e. The molecule has 3 rings (SSSR count). The molecule has 1 aromatic heterocycles. The van der Waals surface area contributed by atoms with Gasteiger partial charge < -0.3 is 15.4 Å². The van der Waals surface area contributed by atoms with Gasteiger partial charge in [-0.05, 0) is 67.1 Å². The minimum absolute atomic E-state index is 0.296. The van der Waals surface area contributed by atoms with Crippen LogP contribution < -0.4 is 10.6 Å². The van der Waals surface area contributed by atoms with Gasteiger partial charge in [0.05, 0.1) is 12.7 Å². The van der Waals surface area contributed by atoms with E-state index < -0.39 is 0 Å². The predicted octanol–water partition coefficient (Wildman–Crippen LogP) is 5.03. The Morgan fingerprint density at radius 3 is 2.92 bits per heavy atom. The van der Waals surface area contributed by atoms with Crippen LogP contribution in [0.25, 0.3) is 0 Å². The fraction of sp³-hybridized carbons (Fsp3) is 0.400. The van der Waals surface area contributed by atoms with Crippen molar-refractivity contribution in [2.75, 3.05) is 17.7 Å². The van der Waals surface area contributed by atoms with E-state index in [1.54, 1.807) is 11.3 Å². The maximum atomic E-state index is 12.4. The molecule has 1 heterocycles. The van der Waals surface area contributed by atoms with Gasteiger partial charge in [0.15, 0.2) is 5.11 Å². The van der Waals surface area contributed by atoms with Crippen molar-refractivity contribution >= 4 is 45.3 Å². The van der Waals surface area contributed by atoms with E-state index in [0.29, 0.717) is 16.6 Å². The number of esters is 1. The molecule has 138 valence electrons. The number of aryl methyl sites for hydroxylation is 1. The molecule has 2 aromatic rings. The molecule has 1 atom stereocenters. The van der Waals surface area contributed by atoms with Crippen molar-refractivity contribution in [1.29, 1.82) is 0 Å². The van der Waals surface area contributed by atoms with Gasteiger partial charge >= 0.3 is 5.97 Å². The fourth-order valence-corrected chi connectivity index (χ4v) is 4.98. The van der Waals surface area contributed by atoms with Crippen LogP contribution in [0, 0.1) is 5.92 Å². The number of thiocarbonyl (C=S) groups is 1. The van der Waals surface area contributed by atoms with Gasteiger partial charge in [-0.1, -0.05) is 26.0 Å². The molecule has 0 radical (unpaired) electrons. The number of anilines is 2. The van der Waals surface area contributed by atoms with Crippen molar-refractivity contribution in [3.05, 3.63) is 45.8 Å². The van der Waals surface area contributed by atoms with Gasteiger partial charge in [-0.3, -0.25) is 0 Å². The van der Waals surface area contributed by atoms with E-state index in [4.69, 9.17) is 17.0 Å². The Hall–Kier alpha value is -1.92. The van der Waals surface area contributed by atoms with Gasteiger partial charge in [-0.15, -0.1) is 11.3 Å². The van der Waals surface area contributed by atoms with E-state index in [1.807, 2.05) is 12.1 Å². The first-order valence-corrected chi connectivity index (χ1v) is 10.1. The van der Waals surface area contributed by atoms with Crippen molar-refractivity contribution in [1.82, 2.24) is 0 Å². The summed E-state index contributed by atoms with van der Waals surface area (Å²) in [6, 6.07) is 8.16. The van der Waals surface area contributed by atoms with Gasteiger partial charge in [0.2, 0.25) is 0 Å². The fourth-order valence-electron chi connectivity index (χ4n) is 3.29. The van der Waals surface area contributed by atoms with Crippen molar-refractivity contribution < 1.29 is 9.53 Å². The van der Waals surface area contributed by atoms with Crippen molar-refractivity contribution in [3.63, 3.8) is 0 Å². The minimum Gasteiger partial charge on any atom is -0.465 e. The number of carbonyl (C=O) groups excluding carboxylic acids is 1. The largest absolute Gasteiger partial charge is 0.465 e. The van der Waals surface area contributed by atoms with Crippen LogP contribution in [0.4, 0.5) is 10.7 Å². The Morgan fingerprint density at radius 1 is 1.38 bits per heavy atom. The number of ether oxygens (including phenoxy) is 1. The second-order valence-corrected chi connectivity index (χ2v) is 8.19. The summed E-state index contributed by atoms with van der Waals surface area (Å²) < 4.78 is 5.02. The molecule has 0 spiro atoms. The predicted molar refractivity (Wildman–Crippen MR) is 113 cm³/mol. The lowest BCUT2D eigenvalue weighted by Crippen LogP contribution is -2.20. The average molecular weight is 389 g/mol. The molecule has 6 heteroatoms. The topological polar surface area (TPSA) is 50.4 Å². The molecule has 0 fully saturated rings. The van der Waals surface area contributed by atoms with E-state index >= 15 is 0 Å². The highest BCUT2D eigenvalue weighted by atomic mass is 32.1. The van der Waals surface area contributed by atoms with Crippen LogP contribution in [0.3, 0.4) is 0 Å². The number of hydrogen-bond acceptors (Lipinski definition) is 4. The molecule has 1 aromatic carbocycles. The third-order valence-corrected chi connectivity index (χ3v) is 6.10. The highest BCUT2D eigenvalue weighted by molar-refractivity contribution is 7.80. The first-order chi connectivity index (χ1) is 12.5. The summed E-state index contributed by atoms with van der Waals surface area (Å²) >= 11 is 7.09. The lowest BCUT2D eigenvalue weighted by molar-refractivity contribution is 0.0601. The summed E-state index contributed by atoms with van der Waals surface area (Å²) in [5.74, 6) is 0.344. The molecule has 0 bridgehead atoms. The summed E-state index contributed by atoms with van der Waals surface area (Å²) in [6.07, 6.45) is 3.99. The standard InChI is InChI=1S/C20H24N2O2S2/c1-4-13-6-5-7-14(11-13)21-20(25)22-18-17(19(23)24-3)15-9-8-12(2)10-16(15)26-18/h5-7,11-12H,4,8-10H2,1-3H3,(H2,21,22,25). The van der Waals surface area contributed by atoms with E-state index in [1.165, 1.54) is 17.6 Å². The number of hydrogen-bond donors (Lipinski definition) is 2. The number of rotatable bonds is 4. The molecular weight excluding hydrogens is 364 g/mol. The zero-order valence-electron chi connectivity index (χ0n) is 15.3. The monoisotopic (exact) mass is 388 g/mol. The Morgan fingerprint density at radius 2 is 2.19 bits per heavy atom. The molecule has 0 saturated heterocycles. The lowest BCUT2D eigenvalue weighted by atomic mass is 9.88. The normalized spacial score (nSPS) is 15.9. The van der Waals surface area contributed by atoms with E-state index in [0.717, 1.165) is 41.9 Å². The van der Waals surface area contributed by atoms with Crippen LogP contribution in [0.15, 0.2) is 24.3 Å². The summed E-state index contributed by atoms with van der Waals surface area (Å²) in [5, 5.41) is 7.69. The second kappa shape index (κ2) is 8.18. The SMILES string of the molecule is CCc1cccc(NC(=S)Nc2sc3c(c2C(=O)OC)CCC(C)C3)c1. The molecule has 1 aliphatic carbocycles. The van der Waals surface area contributed by atoms with Crippen LogP contribution in [0.2, 0.25) is 0 Å². The molecule has 0 saturated carbocycles. The van der Waals surface area contributed by atoms with Crippen LogP contribution in [-0.2, 0) is 24.0 Å². The minimum atomic E-state index is -0.296. The Labute approximate surface area is 164 Å². The summed E-state index contributed by atoms with van der Waals surface area (Å²) in [7, 11) is 1.43. The summed E-state index contributed by atoms with van der Waals surface area (Å²) in [5.41, 5.74) is 3.95. The van der Waals surface area contributed by atoms with Gasteiger partial charge in [0, 0.05) is 10.6 Å². The zero-order valence-corrected chi connectivity index (χ0v) is 17.0. The third-order valence-electron chi connectivity index (χ3n) is 4.72. The molecule has 1 aliphatic rings. The quantitative estimate of drug-likeness (QED) is 0.568. The van der Waals surface area contributed by atoms with Crippen molar-refractivity contribution in [2.45, 2.75) is 39.5 Å². The Bertz CT molecular complexity index is 829. The van der Waals surface area contributed by atoms with E-state index in [9.17, 15) is 4.79 Å². The molecule has 4 nitrogen and oxygen atoms in total. The Balaban J connectivity index is 1.82. The number of benzene rings is 1. The van der Waals surface area contributed by atoms with Gasteiger partial charge in [0.25, 0.3) is 0 Å².